The first-order valence-electron chi connectivity index (χ1n) is 8.47. The third-order valence-corrected chi connectivity index (χ3v) is 5.24. The molecule has 0 aliphatic carbocycles. The lowest BCUT2D eigenvalue weighted by Gasteiger charge is -2.26. The van der Waals surface area contributed by atoms with Crippen LogP contribution in [0.3, 0.4) is 0 Å². The van der Waals surface area contributed by atoms with Gasteiger partial charge in [0.05, 0.1) is 10.2 Å². The van der Waals surface area contributed by atoms with Crippen LogP contribution in [0.25, 0.3) is 0 Å². The Morgan fingerprint density at radius 1 is 1.29 bits per heavy atom. The Kier molecular flexibility index (Phi) is 7.52. The average Bonchev–Trinajstić information content (AvgIpc) is 2.60. The summed E-state index contributed by atoms with van der Waals surface area (Å²) >= 11 is 1.41. The maximum Gasteiger partial charge on any atom is 0.269 e. The van der Waals surface area contributed by atoms with Gasteiger partial charge in [-0.3, -0.25) is 14.9 Å². The number of carbonyl (C=O) groups excluding carboxylic acids is 1. The van der Waals surface area contributed by atoms with Gasteiger partial charge in [0.15, 0.2) is 0 Å². The van der Waals surface area contributed by atoms with Gasteiger partial charge in [-0.1, -0.05) is 6.42 Å². The van der Waals surface area contributed by atoms with Crippen molar-refractivity contribution in [2.45, 2.75) is 42.8 Å². The van der Waals surface area contributed by atoms with Crippen molar-refractivity contribution in [3.63, 3.8) is 0 Å². The van der Waals surface area contributed by atoms with Crippen molar-refractivity contribution in [1.29, 1.82) is 0 Å². The second-order valence-corrected chi connectivity index (χ2v) is 7.47. The van der Waals surface area contributed by atoms with Crippen LogP contribution in [0.15, 0.2) is 29.2 Å². The third-order valence-electron chi connectivity index (χ3n) is 4.13. The monoisotopic (exact) mass is 351 g/mol. The Hall–Kier alpha value is -1.60. The van der Waals surface area contributed by atoms with Crippen molar-refractivity contribution in [2.24, 2.45) is 0 Å². The third kappa shape index (κ3) is 6.13. The van der Waals surface area contributed by atoms with Gasteiger partial charge in [0.1, 0.15) is 0 Å². The molecule has 1 aromatic carbocycles. The van der Waals surface area contributed by atoms with Gasteiger partial charge in [-0.25, -0.2) is 0 Å². The number of hydrogen-bond donors (Lipinski definition) is 1. The van der Waals surface area contributed by atoms with E-state index in [9.17, 15) is 14.9 Å². The predicted molar refractivity (Wildman–Crippen MR) is 96.3 cm³/mol. The SMILES string of the molecule is CC(Sc1ccc([N+](=O)[O-])cc1)C(=O)NCCCN1CCCCC1. The van der Waals surface area contributed by atoms with Crippen LogP contribution in [-0.2, 0) is 4.79 Å². The molecule has 1 aliphatic rings. The number of rotatable bonds is 8. The fourth-order valence-corrected chi connectivity index (χ4v) is 3.64. The van der Waals surface area contributed by atoms with Gasteiger partial charge in [-0.15, -0.1) is 11.8 Å². The van der Waals surface area contributed by atoms with Gasteiger partial charge in [-0.2, -0.15) is 0 Å². The number of nitrogens with zero attached hydrogens (tertiary/aromatic N) is 2. The molecule has 0 bridgehead atoms. The summed E-state index contributed by atoms with van der Waals surface area (Å²) in [7, 11) is 0. The fourth-order valence-electron chi connectivity index (χ4n) is 2.75. The van der Waals surface area contributed by atoms with E-state index in [2.05, 4.69) is 10.2 Å². The van der Waals surface area contributed by atoms with Crippen molar-refractivity contribution in [2.75, 3.05) is 26.2 Å². The molecule has 1 atom stereocenters. The summed E-state index contributed by atoms with van der Waals surface area (Å²) in [5.41, 5.74) is 0.0640. The molecule has 0 spiro atoms. The molecular formula is C17H25N3O3S. The number of piperidine rings is 1. The normalized spacial score (nSPS) is 16.5. The molecule has 1 saturated heterocycles. The molecular weight excluding hydrogens is 326 g/mol. The maximum absolute atomic E-state index is 12.1. The summed E-state index contributed by atoms with van der Waals surface area (Å²) in [4.78, 5) is 25.7. The first-order chi connectivity index (χ1) is 11.6. The molecule has 1 aliphatic heterocycles. The van der Waals surface area contributed by atoms with Crippen LogP contribution >= 0.6 is 11.8 Å². The highest BCUT2D eigenvalue weighted by Crippen LogP contribution is 2.25. The number of nitrogens with one attached hydrogen (secondary N) is 1. The molecule has 0 aromatic heterocycles. The number of carbonyl (C=O) groups is 1. The molecule has 24 heavy (non-hydrogen) atoms. The van der Waals surface area contributed by atoms with Gasteiger partial charge in [-0.05, 0) is 58.0 Å². The minimum absolute atomic E-state index is 0.0111. The van der Waals surface area contributed by atoms with Crippen molar-refractivity contribution in [3.8, 4) is 0 Å². The molecule has 132 valence electrons. The van der Waals surface area contributed by atoms with Crippen LogP contribution in [-0.4, -0.2) is 47.2 Å². The van der Waals surface area contributed by atoms with Crippen LogP contribution in [0, 0.1) is 10.1 Å². The second kappa shape index (κ2) is 9.64. The van der Waals surface area contributed by atoms with Crippen molar-refractivity contribution < 1.29 is 9.72 Å². The summed E-state index contributed by atoms with van der Waals surface area (Å²) in [6, 6.07) is 6.29. The smallest absolute Gasteiger partial charge is 0.269 e. The van der Waals surface area contributed by atoms with E-state index in [1.165, 1.54) is 56.2 Å². The lowest BCUT2D eigenvalue weighted by molar-refractivity contribution is -0.384. The summed E-state index contributed by atoms with van der Waals surface area (Å²) in [5.74, 6) is 0.0111. The van der Waals surface area contributed by atoms with E-state index in [-0.39, 0.29) is 16.8 Å². The van der Waals surface area contributed by atoms with E-state index in [4.69, 9.17) is 0 Å². The quantitative estimate of drug-likeness (QED) is 0.337. The zero-order chi connectivity index (χ0) is 17.4. The number of benzene rings is 1. The molecule has 1 aromatic rings. The van der Waals surface area contributed by atoms with Gasteiger partial charge < -0.3 is 10.2 Å². The average molecular weight is 351 g/mol. The molecule has 1 N–H and O–H groups in total. The lowest BCUT2D eigenvalue weighted by atomic mass is 10.1. The van der Waals surface area contributed by atoms with E-state index in [0.717, 1.165) is 17.9 Å². The van der Waals surface area contributed by atoms with Crippen LogP contribution in [0.4, 0.5) is 5.69 Å². The van der Waals surface area contributed by atoms with Crippen LogP contribution in [0.5, 0.6) is 0 Å². The number of amides is 1. The Morgan fingerprint density at radius 3 is 2.58 bits per heavy atom. The van der Waals surface area contributed by atoms with Crippen LogP contribution in [0.1, 0.15) is 32.6 Å². The molecule has 2 rings (SSSR count). The molecule has 1 amide bonds. The Balaban J connectivity index is 1.66. The predicted octanol–water partition coefficient (Wildman–Crippen LogP) is 3.07. The summed E-state index contributed by atoms with van der Waals surface area (Å²) in [6.45, 7) is 5.96. The van der Waals surface area contributed by atoms with E-state index in [1.54, 1.807) is 12.1 Å². The largest absolute Gasteiger partial charge is 0.355 e. The van der Waals surface area contributed by atoms with Crippen molar-refractivity contribution in [1.82, 2.24) is 10.2 Å². The molecule has 0 saturated carbocycles. The van der Waals surface area contributed by atoms with Crippen molar-refractivity contribution >= 4 is 23.4 Å². The van der Waals surface area contributed by atoms with Gasteiger partial charge in [0.25, 0.3) is 5.69 Å². The van der Waals surface area contributed by atoms with E-state index in [1.807, 2.05) is 6.92 Å². The van der Waals surface area contributed by atoms with Gasteiger partial charge >= 0.3 is 0 Å². The summed E-state index contributed by atoms with van der Waals surface area (Å²) in [5, 5.41) is 13.4. The van der Waals surface area contributed by atoms with Crippen LogP contribution in [0.2, 0.25) is 0 Å². The van der Waals surface area contributed by atoms with Gasteiger partial charge in [0, 0.05) is 23.6 Å². The highest BCUT2D eigenvalue weighted by Gasteiger charge is 2.15. The van der Waals surface area contributed by atoms with Crippen LogP contribution < -0.4 is 5.32 Å². The molecule has 6 nitrogen and oxygen atoms in total. The molecule has 7 heteroatoms. The minimum Gasteiger partial charge on any atom is -0.355 e. The fraction of sp³-hybridized carbons (Fsp3) is 0.588. The Bertz CT molecular complexity index is 545. The number of nitro groups is 1. The molecule has 1 unspecified atom stereocenters. The molecule has 0 radical (unpaired) electrons. The number of non-ortho nitro benzene ring substituents is 1. The van der Waals surface area contributed by atoms with E-state index < -0.39 is 4.92 Å². The minimum atomic E-state index is -0.424. The lowest BCUT2D eigenvalue weighted by Crippen LogP contribution is -2.35. The standard InChI is InChI=1S/C17H25N3O3S/c1-14(24-16-8-6-15(7-9-16)20(22)23)17(21)18-10-5-13-19-11-3-2-4-12-19/h6-9,14H,2-5,10-13H2,1H3,(H,18,21). The topological polar surface area (TPSA) is 75.5 Å². The highest BCUT2D eigenvalue weighted by atomic mass is 32.2. The number of hydrogen-bond acceptors (Lipinski definition) is 5. The number of thioether (sulfide) groups is 1. The number of nitro benzene ring substituents is 1. The van der Waals surface area contributed by atoms with Gasteiger partial charge in [0.2, 0.25) is 5.91 Å². The first kappa shape index (κ1) is 18.7. The second-order valence-electron chi connectivity index (χ2n) is 6.06. The van der Waals surface area contributed by atoms with E-state index in [0.29, 0.717) is 6.54 Å². The Morgan fingerprint density at radius 2 is 1.96 bits per heavy atom. The highest BCUT2D eigenvalue weighted by molar-refractivity contribution is 8.00. The zero-order valence-electron chi connectivity index (χ0n) is 14.1. The zero-order valence-corrected chi connectivity index (χ0v) is 14.9. The summed E-state index contributed by atoms with van der Waals surface area (Å²) < 4.78 is 0. The Labute approximate surface area is 147 Å². The summed E-state index contributed by atoms with van der Waals surface area (Å²) in [6.07, 6.45) is 4.88. The maximum atomic E-state index is 12.1. The molecule has 1 fully saturated rings. The van der Waals surface area contributed by atoms with Crippen molar-refractivity contribution in [3.05, 3.63) is 34.4 Å². The van der Waals surface area contributed by atoms with E-state index >= 15 is 0 Å². The first-order valence-corrected chi connectivity index (χ1v) is 9.35. The molecule has 1 heterocycles. The number of likely N-dealkylation sites (tertiary alicyclic amines) is 1.